The molecule has 0 saturated heterocycles. The quantitative estimate of drug-likeness (QED) is 0.422. The highest BCUT2D eigenvalue weighted by atomic mass is 35.5. The molecule has 1 aliphatic heterocycles. The van der Waals surface area contributed by atoms with Crippen LogP contribution in [0.2, 0.25) is 0 Å². The van der Waals surface area contributed by atoms with E-state index in [9.17, 15) is 9.50 Å². The highest BCUT2D eigenvalue weighted by molar-refractivity contribution is 6.11. The fourth-order valence-corrected chi connectivity index (χ4v) is 4.66. The first kappa shape index (κ1) is 24.1. The Kier molecular flexibility index (Phi) is 7.18. The smallest absolute Gasteiger partial charge is 0.165 e. The number of aliphatic hydroxyl groups is 1. The molecule has 1 aliphatic rings. The summed E-state index contributed by atoms with van der Waals surface area (Å²) in [4.78, 5) is 10.7. The lowest BCUT2D eigenvalue weighted by Crippen LogP contribution is -2.32. The van der Waals surface area contributed by atoms with Gasteiger partial charge in [-0.1, -0.05) is 24.3 Å². The highest BCUT2D eigenvalue weighted by Gasteiger charge is 2.31. The molecule has 2 N–H and O–H groups in total. The molecule has 1 atom stereocenters. The number of anilines is 1. The fourth-order valence-electron chi connectivity index (χ4n) is 4.66. The maximum absolute atomic E-state index is 14.3. The number of halogens is 3. The van der Waals surface area contributed by atoms with Crippen LogP contribution < -0.4 is 9.64 Å². The number of nitrogens with one attached hydrogen (secondary N) is 1. The molecular weight excluding hydrogens is 452 g/mol. The summed E-state index contributed by atoms with van der Waals surface area (Å²) in [6, 6.07) is 13.6. The van der Waals surface area contributed by atoms with Gasteiger partial charge in [0.2, 0.25) is 0 Å². The van der Waals surface area contributed by atoms with Crippen molar-refractivity contribution < 1.29 is 14.2 Å². The topological polar surface area (TPSA) is 61.4 Å². The Morgan fingerprint density at radius 1 is 1.22 bits per heavy atom. The predicted molar refractivity (Wildman–Crippen MR) is 131 cm³/mol. The zero-order chi connectivity index (χ0) is 20.8. The van der Waals surface area contributed by atoms with Gasteiger partial charge in [-0.25, -0.2) is 9.37 Å². The molecule has 0 spiro atoms. The number of para-hydroxylation sites is 1. The van der Waals surface area contributed by atoms with Gasteiger partial charge in [-0.15, -0.1) is 24.8 Å². The lowest BCUT2D eigenvalue weighted by Gasteiger charge is -2.23. The Bertz CT molecular complexity index is 1260. The van der Waals surface area contributed by atoms with Crippen LogP contribution in [-0.4, -0.2) is 41.4 Å². The Labute approximate surface area is 198 Å². The molecule has 2 aromatic carbocycles. The predicted octanol–water partition coefficient (Wildman–Crippen LogP) is 5.04. The molecule has 0 bridgehead atoms. The highest BCUT2D eigenvalue weighted by Crippen LogP contribution is 2.40. The Morgan fingerprint density at radius 2 is 2.00 bits per heavy atom. The second kappa shape index (κ2) is 9.53. The van der Waals surface area contributed by atoms with E-state index in [1.165, 1.54) is 29.5 Å². The van der Waals surface area contributed by atoms with Crippen LogP contribution in [0.4, 0.5) is 10.2 Å². The molecule has 2 aromatic heterocycles. The van der Waals surface area contributed by atoms with Gasteiger partial charge in [0.15, 0.2) is 11.6 Å². The molecule has 0 radical (unpaired) electrons. The summed E-state index contributed by atoms with van der Waals surface area (Å²) < 4.78 is 19.3. The number of aliphatic hydroxyl groups excluding tert-OH is 1. The molecule has 5 rings (SSSR count). The summed E-state index contributed by atoms with van der Waals surface area (Å²) in [5.74, 6) is 0.789. The van der Waals surface area contributed by atoms with Crippen molar-refractivity contribution in [1.82, 2.24) is 9.97 Å². The summed E-state index contributed by atoms with van der Waals surface area (Å²) in [5.41, 5.74) is 5.00. The van der Waals surface area contributed by atoms with E-state index in [-0.39, 0.29) is 49.0 Å². The van der Waals surface area contributed by atoms with E-state index in [1.54, 1.807) is 6.07 Å². The number of aromatic amines is 1. The third kappa shape index (κ3) is 3.87. The molecule has 0 fully saturated rings. The summed E-state index contributed by atoms with van der Waals surface area (Å²) in [6.45, 7) is 2.79. The number of methoxy groups -OCH3 is 1. The van der Waals surface area contributed by atoms with Crippen molar-refractivity contribution in [3.63, 3.8) is 0 Å². The van der Waals surface area contributed by atoms with Crippen LogP contribution >= 0.6 is 24.8 Å². The van der Waals surface area contributed by atoms with Crippen molar-refractivity contribution in [2.75, 3.05) is 25.2 Å². The first-order valence-corrected chi connectivity index (χ1v) is 10.2. The summed E-state index contributed by atoms with van der Waals surface area (Å²) in [6.07, 6.45) is 1.39. The van der Waals surface area contributed by atoms with Gasteiger partial charge < -0.3 is 19.7 Å². The van der Waals surface area contributed by atoms with Crippen molar-refractivity contribution >= 4 is 52.4 Å². The van der Waals surface area contributed by atoms with Crippen LogP contribution in [0.15, 0.2) is 42.5 Å². The van der Waals surface area contributed by atoms with E-state index >= 15 is 0 Å². The third-order valence-corrected chi connectivity index (χ3v) is 6.04. The molecule has 0 amide bonds. The van der Waals surface area contributed by atoms with Crippen molar-refractivity contribution in [2.24, 2.45) is 0 Å². The molecular formula is C24H26Cl2FN3O2. The SMILES string of the molecule is COc1ccc(Cc2nc3c(c4c2[nH]c2ccccc24)CC(C)N3CCO)cc1F.Cl.Cl. The van der Waals surface area contributed by atoms with Crippen LogP contribution in [0.5, 0.6) is 5.75 Å². The Hall–Kier alpha value is -2.54. The minimum absolute atomic E-state index is 0. The average molecular weight is 478 g/mol. The molecule has 32 heavy (non-hydrogen) atoms. The molecule has 3 heterocycles. The van der Waals surface area contributed by atoms with Gasteiger partial charge in [-0.3, -0.25) is 0 Å². The van der Waals surface area contributed by atoms with Crippen molar-refractivity contribution in [1.29, 1.82) is 0 Å². The second-order valence-electron chi connectivity index (χ2n) is 7.90. The van der Waals surface area contributed by atoms with Gasteiger partial charge >= 0.3 is 0 Å². The number of hydrogen-bond donors (Lipinski definition) is 2. The van der Waals surface area contributed by atoms with Crippen LogP contribution in [0.25, 0.3) is 21.8 Å². The number of aromatic nitrogens is 2. The van der Waals surface area contributed by atoms with E-state index < -0.39 is 0 Å². The number of β-amino-alcohol motifs (C(OH)–C–C–N with tert-alkyl or cyclic N) is 1. The van der Waals surface area contributed by atoms with Crippen molar-refractivity contribution in [3.05, 3.63) is 65.1 Å². The van der Waals surface area contributed by atoms with Gasteiger partial charge in [-0.05, 0) is 37.1 Å². The normalized spacial score (nSPS) is 14.9. The Balaban J connectivity index is 0.00000144. The fraction of sp³-hybridized carbons (Fsp3) is 0.292. The number of pyridine rings is 1. The van der Waals surface area contributed by atoms with Crippen LogP contribution in [-0.2, 0) is 12.8 Å². The number of ether oxygens (including phenoxy) is 1. The number of hydrogen-bond acceptors (Lipinski definition) is 4. The molecule has 8 heteroatoms. The van der Waals surface area contributed by atoms with E-state index in [0.29, 0.717) is 13.0 Å². The molecule has 0 saturated carbocycles. The number of nitrogens with zero attached hydrogens (tertiary/aromatic N) is 2. The van der Waals surface area contributed by atoms with Crippen LogP contribution in [0.1, 0.15) is 23.7 Å². The van der Waals surface area contributed by atoms with E-state index in [4.69, 9.17) is 9.72 Å². The van der Waals surface area contributed by atoms with Gasteiger partial charge in [0.05, 0.1) is 24.9 Å². The lowest BCUT2D eigenvalue weighted by atomic mass is 10.0. The molecule has 1 unspecified atom stereocenters. The minimum atomic E-state index is -0.375. The molecule has 5 nitrogen and oxygen atoms in total. The number of rotatable bonds is 5. The minimum Gasteiger partial charge on any atom is -0.494 e. The van der Waals surface area contributed by atoms with Crippen LogP contribution in [0, 0.1) is 5.82 Å². The first-order chi connectivity index (χ1) is 14.6. The number of fused-ring (bicyclic) bond motifs is 5. The number of H-pyrrole nitrogens is 1. The van der Waals surface area contributed by atoms with E-state index in [0.717, 1.165) is 34.5 Å². The first-order valence-electron chi connectivity index (χ1n) is 10.2. The van der Waals surface area contributed by atoms with E-state index in [2.05, 4.69) is 28.9 Å². The van der Waals surface area contributed by atoms with Gasteiger partial charge in [-0.2, -0.15) is 0 Å². The zero-order valence-electron chi connectivity index (χ0n) is 17.9. The average Bonchev–Trinajstić information content (AvgIpc) is 3.27. The van der Waals surface area contributed by atoms with Gasteiger partial charge in [0.1, 0.15) is 5.82 Å². The molecule has 0 aliphatic carbocycles. The molecule has 4 aromatic rings. The maximum Gasteiger partial charge on any atom is 0.165 e. The number of benzene rings is 2. The largest absolute Gasteiger partial charge is 0.494 e. The Morgan fingerprint density at radius 3 is 2.72 bits per heavy atom. The van der Waals surface area contributed by atoms with Gasteiger partial charge in [0.25, 0.3) is 0 Å². The third-order valence-electron chi connectivity index (χ3n) is 6.04. The van der Waals surface area contributed by atoms with E-state index in [1.807, 2.05) is 18.2 Å². The van der Waals surface area contributed by atoms with Gasteiger partial charge in [0, 0.05) is 40.9 Å². The summed E-state index contributed by atoms with van der Waals surface area (Å²) in [7, 11) is 1.46. The summed E-state index contributed by atoms with van der Waals surface area (Å²) in [5, 5.41) is 11.9. The second-order valence-corrected chi connectivity index (χ2v) is 7.90. The maximum atomic E-state index is 14.3. The van der Waals surface area contributed by atoms with Crippen molar-refractivity contribution in [2.45, 2.75) is 25.8 Å². The molecule has 170 valence electrons. The zero-order valence-corrected chi connectivity index (χ0v) is 19.5. The standard InChI is InChI=1S/C24H24FN3O2.2ClH/c1-14-11-17-22-16-5-3-4-6-19(16)26-23(22)20(27-24(17)28(14)9-10-29)13-15-7-8-21(30-2)18(25)12-15;;/h3-8,12,14,26,29H,9-11,13H2,1-2H3;2*1H. The van der Waals surface area contributed by atoms with Crippen molar-refractivity contribution in [3.8, 4) is 5.75 Å². The monoisotopic (exact) mass is 477 g/mol. The summed E-state index contributed by atoms with van der Waals surface area (Å²) >= 11 is 0. The van der Waals surface area contributed by atoms with Crippen LogP contribution in [0.3, 0.4) is 0 Å². The lowest BCUT2D eigenvalue weighted by molar-refractivity contribution is 0.299.